The molecule has 6 heteroatoms. The van der Waals surface area contributed by atoms with Crippen LogP contribution in [-0.2, 0) is 11.3 Å². The molecule has 100 valence electrons. The molecular weight excluding hydrogens is 236 g/mol. The number of nitrogens with two attached hydrogens (primary N) is 1. The largest absolute Gasteiger partial charge is 0.493 e. The topological polar surface area (TPSA) is 93.8 Å². The molecule has 1 unspecified atom stereocenters. The molecule has 1 aromatic carbocycles. The summed E-state index contributed by atoms with van der Waals surface area (Å²) in [5.74, 6) is 0.542. The summed E-state index contributed by atoms with van der Waals surface area (Å²) >= 11 is 0. The first kappa shape index (κ1) is 14.3. The number of aliphatic hydroxyl groups excluding tert-OH is 1. The molecule has 1 rings (SSSR count). The van der Waals surface area contributed by atoms with E-state index in [4.69, 9.17) is 15.2 Å². The molecule has 0 saturated carbocycles. The van der Waals surface area contributed by atoms with Crippen molar-refractivity contribution in [2.24, 2.45) is 5.73 Å². The monoisotopic (exact) mass is 254 g/mol. The van der Waals surface area contributed by atoms with E-state index in [2.05, 4.69) is 5.32 Å². The summed E-state index contributed by atoms with van der Waals surface area (Å²) in [6, 6.07) is 5.48. The van der Waals surface area contributed by atoms with Crippen LogP contribution in [0.25, 0.3) is 0 Å². The smallest absolute Gasteiger partial charge is 0.247 e. The fourth-order valence-electron chi connectivity index (χ4n) is 1.44. The number of hydrogen-bond acceptors (Lipinski definition) is 5. The highest BCUT2D eigenvalue weighted by Gasteiger charge is 2.10. The Balaban J connectivity index is 2.55. The quantitative estimate of drug-likeness (QED) is 0.618. The number of methoxy groups -OCH3 is 2. The lowest BCUT2D eigenvalue weighted by Crippen LogP contribution is -2.37. The van der Waals surface area contributed by atoms with Crippen molar-refractivity contribution in [3.05, 3.63) is 23.8 Å². The number of ether oxygens (including phenoxy) is 2. The van der Waals surface area contributed by atoms with Gasteiger partial charge in [-0.15, -0.1) is 0 Å². The lowest BCUT2D eigenvalue weighted by molar-refractivity contribution is -0.125. The number of amides is 1. The molecule has 1 amide bonds. The van der Waals surface area contributed by atoms with E-state index in [-0.39, 0.29) is 6.54 Å². The van der Waals surface area contributed by atoms with E-state index in [9.17, 15) is 9.90 Å². The van der Waals surface area contributed by atoms with Crippen molar-refractivity contribution in [3.8, 4) is 11.5 Å². The molecule has 0 aliphatic rings. The second-order valence-electron chi connectivity index (χ2n) is 3.74. The minimum absolute atomic E-state index is 0.115. The highest BCUT2D eigenvalue weighted by Crippen LogP contribution is 2.27. The Labute approximate surface area is 106 Å². The zero-order valence-electron chi connectivity index (χ0n) is 10.5. The van der Waals surface area contributed by atoms with Gasteiger partial charge in [0.1, 0.15) is 6.10 Å². The number of aliphatic hydroxyl groups is 1. The van der Waals surface area contributed by atoms with Crippen LogP contribution in [0.1, 0.15) is 5.56 Å². The summed E-state index contributed by atoms with van der Waals surface area (Å²) in [5.41, 5.74) is 5.88. The molecule has 0 bridgehead atoms. The lowest BCUT2D eigenvalue weighted by atomic mass is 10.2. The van der Waals surface area contributed by atoms with Crippen LogP contribution in [-0.4, -0.2) is 37.9 Å². The number of benzene rings is 1. The van der Waals surface area contributed by atoms with Crippen molar-refractivity contribution < 1.29 is 19.4 Å². The van der Waals surface area contributed by atoms with Gasteiger partial charge in [0.25, 0.3) is 0 Å². The lowest BCUT2D eigenvalue weighted by Gasteiger charge is -2.11. The Morgan fingerprint density at radius 3 is 2.61 bits per heavy atom. The van der Waals surface area contributed by atoms with Gasteiger partial charge in [0, 0.05) is 13.1 Å². The predicted octanol–water partition coefficient (Wildman–Crippen LogP) is -0.360. The van der Waals surface area contributed by atoms with Crippen LogP contribution in [0.15, 0.2) is 18.2 Å². The minimum Gasteiger partial charge on any atom is -0.493 e. The highest BCUT2D eigenvalue weighted by molar-refractivity contribution is 5.78. The second-order valence-corrected chi connectivity index (χ2v) is 3.74. The van der Waals surface area contributed by atoms with Gasteiger partial charge in [-0.3, -0.25) is 4.79 Å². The zero-order valence-corrected chi connectivity index (χ0v) is 10.5. The van der Waals surface area contributed by atoms with Crippen molar-refractivity contribution in [1.82, 2.24) is 5.32 Å². The second kappa shape index (κ2) is 6.83. The average molecular weight is 254 g/mol. The maximum absolute atomic E-state index is 10.6. The highest BCUT2D eigenvalue weighted by atomic mass is 16.5. The molecule has 1 aromatic rings. The fourth-order valence-corrected chi connectivity index (χ4v) is 1.44. The third-order valence-corrected chi connectivity index (χ3v) is 2.44. The number of nitrogens with one attached hydrogen (secondary N) is 1. The summed E-state index contributed by atoms with van der Waals surface area (Å²) in [5, 5.41) is 12.1. The molecule has 0 aliphatic carbocycles. The van der Waals surface area contributed by atoms with Crippen molar-refractivity contribution in [3.63, 3.8) is 0 Å². The third kappa shape index (κ3) is 3.90. The minimum atomic E-state index is -1.18. The molecule has 1 atom stereocenters. The van der Waals surface area contributed by atoms with Crippen molar-refractivity contribution in [2.45, 2.75) is 12.6 Å². The SMILES string of the molecule is COc1ccc(CNCC(O)C(N)=O)cc1OC. The number of primary amides is 1. The summed E-state index contributed by atoms with van der Waals surface area (Å²) < 4.78 is 10.3. The molecule has 0 aliphatic heterocycles. The number of carbonyl (C=O) groups is 1. The summed E-state index contributed by atoms with van der Waals surface area (Å²) in [4.78, 5) is 10.6. The van der Waals surface area contributed by atoms with Gasteiger partial charge in [0.15, 0.2) is 11.5 Å². The maximum atomic E-state index is 10.6. The van der Waals surface area contributed by atoms with E-state index in [1.54, 1.807) is 20.3 Å². The van der Waals surface area contributed by atoms with Crippen molar-refractivity contribution >= 4 is 5.91 Å². The van der Waals surface area contributed by atoms with Crippen LogP contribution in [0.2, 0.25) is 0 Å². The van der Waals surface area contributed by atoms with E-state index in [0.29, 0.717) is 18.0 Å². The van der Waals surface area contributed by atoms with E-state index in [1.165, 1.54) is 0 Å². The van der Waals surface area contributed by atoms with E-state index in [0.717, 1.165) is 5.56 Å². The summed E-state index contributed by atoms with van der Waals surface area (Å²) in [6.07, 6.45) is -1.18. The Kier molecular flexibility index (Phi) is 5.41. The van der Waals surface area contributed by atoms with Crippen LogP contribution >= 0.6 is 0 Å². The fraction of sp³-hybridized carbons (Fsp3) is 0.417. The van der Waals surface area contributed by atoms with Gasteiger partial charge in [-0.25, -0.2) is 0 Å². The molecule has 0 radical (unpaired) electrons. The zero-order chi connectivity index (χ0) is 13.5. The molecule has 0 spiro atoms. The summed E-state index contributed by atoms with van der Waals surface area (Å²) in [6.45, 7) is 0.606. The Morgan fingerprint density at radius 1 is 1.39 bits per heavy atom. The number of carbonyl (C=O) groups excluding carboxylic acids is 1. The van der Waals surface area contributed by atoms with Gasteiger partial charge < -0.3 is 25.6 Å². The van der Waals surface area contributed by atoms with Crippen LogP contribution in [0.3, 0.4) is 0 Å². The maximum Gasteiger partial charge on any atom is 0.247 e. The van der Waals surface area contributed by atoms with Crippen molar-refractivity contribution in [1.29, 1.82) is 0 Å². The molecule has 0 heterocycles. The standard InChI is InChI=1S/C12H18N2O4/c1-17-10-4-3-8(5-11(10)18-2)6-14-7-9(15)12(13)16/h3-5,9,14-15H,6-7H2,1-2H3,(H2,13,16). The number of hydrogen-bond donors (Lipinski definition) is 3. The molecule has 0 saturated heterocycles. The molecule has 0 fully saturated rings. The van der Waals surface area contributed by atoms with E-state index >= 15 is 0 Å². The first-order valence-corrected chi connectivity index (χ1v) is 5.47. The van der Waals surface area contributed by atoms with Crippen LogP contribution in [0.4, 0.5) is 0 Å². The van der Waals surface area contributed by atoms with Gasteiger partial charge in [-0.05, 0) is 17.7 Å². The van der Waals surface area contributed by atoms with Gasteiger partial charge in [-0.1, -0.05) is 6.07 Å². The molecule has 18 heavy (non-hydrogen) atoms. The third-order valence-electron chi connectivity index (χ3n) is 2.44. The molecule has 4 N–H and O–H groups in total. The van der Waals surface area contributed by atoms with Gasteiger partial charge in [0.05, 0.1) is 14.2 Å². The van der Waals surface area contributed by atoms with Gasteiger partial charge in [-0.2, -0.15) is 0 Å². The Bertz CT molecular complexity index is 409. The van der Waals surface area contributed by atoms with Gasteiger partial charge >= 0.3 is 0 Å². The van der Waals surface area contributed by atoms with Crippen LogP contribution < -0.4 is 20.5 Å². The number of rotatable bonds is 7. The first-order chi connectivity index (χ1) is 8.58. The van der Waals surface area contributed by atoms with Crippen molar-refractivity contribution in [2.75, 3.05) is 20.8 Å². The van der Waals surface area contributed by atoms with Crippen LogP contribution in [0.5, 0.6) is 11.5 Å². The van der Waals surface area contributed by atoms with Crippen LogP contribution in [0, 0.1) is 0 Å². The van der Waals surface area contributed by atoms with Gasteiger partial charge in [0.2, 0.25) is 5.91 Å². The Hall–Kier alpha value is -1.79. The predicted molar refractivity (Wildman–Crippen MR) is 66.5 cm³/mol. The van der Waals surface area contributed by atoms with E-state index < -0.39 is 12.0 Å². The molecule has 0 aromatic heterocycles. The molecular formula is C12H18N2O4. The average Bonchev–Trinajstić information content (AvgIpc) is 2.38. The Morgan fingerprint density at radius 2 is 2.06 bits per heavy atom. The van der Waals surface area contributed by atoms with E-state index in [1.807, 2.05) is 12.1 Å². The first-order valence-electron chi connectivity index (χ1n) is 5.47. The normalized spacial score (nSPS) is 11.9. The summed E-state index contributed by atoms with van der Waals surface area (Å²) in [7, 11) is 3.13. The molecule has 6 nitrogen and oxygen atoms in total.